The molecule has 1 aliphatic carbocycles. The van der Waals surface area contributed by atoms with Gasteiger partial charge in [0.25, 0.3) is 5.91 Å². The molecule has 1 atom stereocenters. The highest BCUT2D eigenvalue weighted by atomic mass is 19.1. The first kappa shape index (κ1) is 22.6. The fourth-order valence-electron chi connectivity index (χ4n) is 6.31. The molecule has 0 spiro atoms. The van der Waals surface area contributed by atoms with Gasteiger partial charge in [-0.2, -0.15) is 0 Å². The third-order valence-corrected chi connectivity index (χ3v) is 8.42. The monoisotopic (exact) mass is 453 g/mol. The Hall–Kier alpha value is -2.21. The van der Waals surface area contributed by atoms with Gasteiger partial charge in [-0.3, -0.25) is 14.0 Å². The summed E-state index contributed by atoms with van der Waals surface area (Å²) in [6.07, 6.45) is 8.11. The van der Waals surface area contributed by atoms with Crippen LogP contribution in [0.15, 0.2) is 30.5 Å². The molecular weight excluding hydrogens is 417 g/mol. The number of nitrogens with one attached hydrogen (secondary N) is 1. The Morgan fingerprint density at radius 1 is 1.00 bits per heavy atom. The minimum Gasteiger partial charge on any atom is -0.329 e. The molecule has 6 heteroatoms. The second-order valence-electron chi connectivity index (χ2n) is 10.6. The van der Waals surface area contributed by atoms with Gasteiger partial charge in [0.05, 0.1) is 6.67 Å². The highest BCUT2D eigenvalue weighted by Crippen LogP contribution is 2.35. The number of piperidine rings is 2. The predicted octanol–water partition coefficient (Wildman–Crippen LogP) is 4.39. The minimum atomic E-state index is -0.401. The molecule has 3 heterocycles. The zero-order valence-electron chi connectivity index (χ0n) is 19.5. The van der Waals surface area contributed by atoms with Crippen molar-refractivity contribution in [3.05, 3.63) is 47.2 Å². The minimum absolute atomic E-state index is 0.0264. The summed E-state index contributed by atoms with van der Waals surface area (Å²) in [5.41, 5.74) is 3.87. The van der Waals surface area contributed by atoms with Crippen LogP contribution in [0, 0.1) is 11.8 Å². The van der Waals surface area contributed by atoms with E-state index in [2.05, 4.69) is 28.9 Å². The van der Waals surface area contributed by atoms with Crippen molar-refractivity contribution in [2.24, 2.45) is 11.8 Å². The maximum Gasteiger partial charge on any atom is 0.255 e. The largest absolute Gasteiger partial charge is 0.329 e. The molecule has 1 unspecified atom stereocenters. The summed E-state index contributed by atoms with van der Waals surface area (Å²) in [6.45, 7) is 7.60. The molecule has 2 amide bonds. The van der Waals surface area contributed by atoms with Crippen molar-refractivity contribution < 1.29 is 14.0 Å². The zero-order chi connectivity index (χ0) is 22.9. The number of halogens is 1. The van der Waals surface area contributed by atoms with E-state index < -0.39 is 6.04 Å². The highest BCUT2D eigenvalue weighted by molar-refractivity contribution is 6.01. The molecule has 3 fully saturated rings. The fraction of sp³-hybridized carbons (Fsp3) is 0.630. The molecule has 1 saturated carbocycles. The Balaban J connectivity index is 1.16. The third-order valence-electron chi connectivity index (χ3n) is 8.42. The Morgan fingerprint density at radius 2 is 1.73 bits per heavy atom. The number of carbonyl (C=O) groups is 2. The average Bonchev–Trinajstić information content (AvgIpc) is 3.15. The van der Waals surface area contributed by atoms with E-state index >= 15 is 0 Å². The number of alkyl halides is 1. The molecule has 178 valence electrons. The average molecular weight is 454 g/mol. The van der Waals surface area contributed by atoms with E-state index in [1.54, 1.807) is 4.90 Å². The lowest BCUT2D eigenvalue weighted by molar-refractivity contribution is -0.126. The summed E-state index contributed by atoms with van der Waals surface area (Å²) in [6, 6.07) is 5.91. The van der Waals surface area contributed by atoms with E-state index in [-0.39, 0.29) is 18.5 Å². The van der Waals surface area contributed by atoms with Crippen molar-refractivity contribution in [3.63, 3.8) is 0 Å². The maximum absolute atomic E-state index is 13.0. The van der Waals surface area contributed by atoms with Crippen molar-refractivity contribution in [2.75, 3.05) is 26.3 Å². The molecule has 5 rings (SSSR count). The molecular formula is C27H36FN3O2. The van der Waals surface area contributed by atoms with E-state index in [4.69, 9.17) is 0 Å². The maximum atomic E-state index is 13.0. The highest BCUT2D eigenvalue weighted by Gasteiger charge is 2.38. The van der Waals surface area contributed by atoms with Gasteiger partial charge in [-0.1, -0.05) is 18.7 Å². The second-order valence-corrected chi connectivity index (χ2v) is 10.6. The molecule has 1 N–H and O–H groups in total. The summed E-state index contributed by atoms with van der Waals surface area (Å²) in [5.74, 6) is 1.43. The van der Waals surface area contributed by atoms with Crippen LogP contribution in [0.2, 0.25) is 0 Å². The lowest BCUT2D eigenvalue weighted by atomic mass is 9.81. The van der Waals surface area contributed by atoms with Crippen molar-refractivity contribution in [3.8, 4) is 0 Å². The number of hydrogen-bond acceptors (Lipinski definition) is 3. The van der Waals surface area contributed by atoms with Crippen LogP contribution in [0.25, 0.3) is 0 Å². The lowest BCUT2D eigenvalue weighted by Crippen LogP contribution is -2.49. The second kappa shape index (κ2) is 9.57. The van der Waals surface area contributed by atoms with E-state index in [0.717, 1.165) is 74.5 Å². The fourth-order valence-corrected chi connectivity index (χ4v) is 6.31. The molecule has 0 bridgehead atoms. The molecule has 2 saturated heterocycles. The number of likely N-dealkylation sites (tertiary alicyclic amines) is 1. The number of hydrogen-bond donors (Lipinski definition) is 1. The number of rotatable bonds is 5. The van der Waals surface area contributed by atoms with Crippen molar-refractivity contribution in [1.29, 1.82) is 0 Å². The van der Waals surface area contributed by atoms with E-state index in [9.17, 15) is 14.0 Å². The molecule has 0 aromatic heterocycles. The Morgan fingerprint density at radius 3 is 2.42 bits per heavy atom. The number of amides is 2. The molecule has 33 heavy (non-hydrogen) atoms. The Bertz CT molecular complexity index is 916. The Labute approximate surface area is 196 Å². The summed E-state index contributed by atoms with van der Waals surface area (Å²) in [7, 11) is 0. The Kier molecular flexibility index (Phi) is 6.55. The number of allylic oxidation sites excluding steroid dienone is 1. The number of nitrogens with zero attached hydrogens (tertiary/aromatic N) is 2. The summed E-state index contributed by atoms with van der Waals surface area (Å²) < 4.78 is 12.9. The van der Waals surface area contributed by atoms with Gasteiger partial charge in [0.15, 0.2) is 0 Å². The van der Waals surface area contributed by atoms with E-state index in [1.807, 2.05) is 6.07 Å². The molecule has 4 aliphatic rings. The summed E-state index contributed by atoms with van der Waals surface area (Å²) >= 11 is 0. The van der Waals surface area contributed by atoms with Gasteiger partial charge in [-0.25, -0.2) is 0 Å². The van der Waals surface area contributed by atoms with Gasteiger partial charge >= 0.3 is 0 Å². The van der Waals surface area contributed by atoms with Gasteiger partial charge in [0, 0.05) is 24.4 Å². The number of fused-ring (bicyclic) bond motifs is 1. The van der Waals surface area contributed by atoms with Crippen LogP contribution in [0.3, 0.4) is 0 Å². The van der Waals surface area contributed by atoms with Crippen molar-refractivity contribution >= 4 is 11.8 Å². The van der Waals surface area contributed by atoms with Gasteiger partial charge in [0.2, 0.25) is 5.91 Å². The summed E-state index contributed by atoms with van der Waals surface area (Å²) in [4.78, 5) is 29.7. The third kappa shape index (κ3) is 4.72. The zero-order valence-corrected chi connectivity index (χ0v) is 19.5. The van der Waals surface area contributed by atoms with Crippen LogP contribution in [-0.2, 0) is 11.3 Å². The molecule has 0 radical (unpaired) electrons. The first-order valence-electron chi connectivity index (χ1n) is 12.7. The smallest absolute Gasteiger partial charge is 0.255 e. The van der Waals surface area contributed by atoms with Crippen LogP contribution in [0.4, 0.5) is 4.39 Å². The quantitative estimate of drug-likeness (QED) is 0.719. The molecule has 1 aromatic rings. The molecule has 3 aliphatic heterocycles. The van der Waals surface area contributed by atoms with Crippen LogP contribution in [0.5, 0.6) is 0 Å². The number of benzene rings is 1. The molecule has 5 nitrogen and oxygen atoms in total. The summed E-state index contributed by atoms with van der Waals surface area (Å²) in [5, 5.41) is 2.81. The van der Waals surface area contributed by atoms with E-state index in [0.29, 0.717) is 24.8 Å². The van der Waals surface area contributed by atoms with Crippen LogP contribution in [0.1, 0.15) is 78.8 Å². The van der Waals surface area contributed by atoms with Gasteiger partial charge in [-0.15, -0.1) is 0 Å². The van der Waals surface area contributed by atoms with Gasteiger partial charge in [0.1, 0.15) is 6.04 Å². The standard InChI is InChI=1S/C27H36FN3O2/c1-18-2-9-25(26(32)29-18)31-17-23-14-22(7-8-24(23)27(31)33)21-10-12-30(13-11-21)16-20-5-3-19(15-28)4-6-20/h7-8,14,19-21,25H,1-6,9-13,15-17H2,(H,29,32). The first-order valence-corrected chi connectivity index (χ1v) is 12.7. The SMILES string of the molecule is C=C1CCC(N2Cc3cc(C4CCN(CC5CCC(CF)CC5)CC4)ccc3C2=O)C(=O)N1. The van der Waals surface area contributed by atoms with Crippen molar-refractivity contribution in [1.82, 2.24) is 15.1 Å². The van der Waals surface area contributed by atoms with Gasteiger partial charge < -0.3 is 15.1 Å². The van der Waals surface area contributed by atoms with Crippen molar-refractivity contribution in [2.45, 2.75) is 69.9 Å². The predicted molar refractivity (Wildman–Crippen MR) is 126 cm³/mol. The topological polar surface area (TPSA) is 52.7 Å². The lowest BCUT2D eigenvalue weighted by Gasteiger charge is -2.36. The normalized spacial score (nSPS) is 29.3. The van der Waals surface area contributed by atoms with Crippen LogP contribution >= 0.6 is 0 Å². The number of carbonyl (C=O) groups excluding carboxylic acids is 2. The van der Waals surface area contributed by atoms with Crippen LogP contribution in [-0.4, -0.2) is 54.0 Å². The van der Waals surface area contributed by atoms with Gasteiger partial charge in [-0.05, 0) is 99.4 Å². The van der Waals surface area contributed by atoms with Crippen LogP contribution < -0.4 is 5.32 Å². The molecule has 1 aromatic carbocycles. The first-order chi connectivity index (χ1) is 16.0. The van der Waals surface area contributed by atoms with E-state index in [1.165, 1.54) is 18.4 Å².